The molecule has 2 aromatic rings. The lowest BCUT2D eigenvalue weighted by Crippen LogP contribution is -2.35. The second-order valence-electron chi connectivity index (χ2n) is 5.87. The number of carbonyl (C=O) groups is 2. The van der Waals surface area contributed by atoms with Crippen molar-refractivity contribution in [3.63, 3.8) is 0 Å². The molecule has 0 aromatic carbocycles. The van der Waals surface area contributed by atoms with Gasteiger partial charge in [0.15, 0.2) is 11.0 Å². The zero-order valence-corrected chi connectivity index (χ0v) is 17.3. The van der Waals surface area contributed by atoms with E-state index in [0.717, 1.165) is 17.3 Å². The molecule has 2 N–H and O–H groups in total. The van der Waals surface area contributed by atoms with Crippen molar-refractivity contribution in [3.05, 3.63) is 45.2 Å². The van der Waals surface area contributed by atoms with Gasteiger partial charge in [0.2, 0.25) is 0 Å². The van der Waals surface area contributed by atoms with Crippen LogP contribution in [0.4, 0.5) is 14.9 Å². The summed E-state index contributed by atoms with van der Waals surface area (Å²) in [6.07, 6.45) is 3.20. The Hall–Kier alpha value is -1.90. The summed E-state index contributed by atoms with van der Waals surface area (Å²) in [5.41, 5.74) is 1.72. The van der Waals surface area contributed by atoms with Crippen molar-refractivity contribution >= 4 is 52.6 Å². The summed E-state index contributed by atoms with van der Waals surface area (Å²) in [6, 6.07) is 0.946. The highest BCUT2D eigenvalue weighted by Gasteiger charge is 2.25. The normalized spacial score (nSPS) is 10.8. The monoisotopic (exact) mass is 430 g/mol. The molecule has 0 fully saturated rings. The van der Waals surface area contributed by atoms with Crippen LogP contribution in [0.5, 0.6) is 0 Å². The molecular formula is C17H17Cl2FN4O2S. The van der Waals surface area contributed by atoms with Gasteiger partial charge in [0.05, 0.1) is 21.8 Å². The number of imide groups is 1. The molecule has 10 heteroatoms. The summed E-state index contributed by atoms with van der Waals surface area (Å²) < 4.78 is 14.1. The van der Waals surface area contributed by atoms with Gasteiger partial charge in [-0.05, 0) is 30.7 Å². The molecule has 0 spiro atoms. The van der Waals surface area contributed by atoms with Crippen LogP contribution >= 0.6 is 35.0 Å². The Morgan fingerprint density at radius 3 is 2.52 bits per heavy atom. The Labute approximate surface area is 170 Å². The number of carbonyl (C=O) groups excluding carboxylic acids is 2. The topological polar surface area (TPSA) is 84.0 Å². The fourth-order valence-electron chi connectivity index (χ4n) is 2.37. The van der Waals surface area contributed by atoms with Crippen LogP contribution in [0.3, 0.4) is 0 Å². The van der Waals surface area contributed by atoms with E-state index in [1.54, 1.807) is 18.5 Å². The molecule has 0 saturated carbocycles. The van der Waals surface area contributed by atoms with Gasteiger partial charge in [0.25, 0.3) is 5.91 Å². The quantitative estimate of drug-likeness (QED) is 0.524. The van der Waals surface area contributed by atoms with E-state index in [1.807, 2.05) is 20.8 Å². The SMILES string of the molecule is CSc1c(F)c(Cl)nc(Cl)c1C(=O)NC(=O)Nc1c(C)ccnc1C(C)C. The fourth-order valence-corrected chi connectivity index (χ4v) is 3.64. The van der Waals surface area contributed by atoms with Gasteiger partial charge >= 0.3 is 6.03 Å². The molecule has 2 rings (SSSR count). The lowest BCUT2D eigenvalue weighted by atomic mass is 10.1. The van der Waals surface area contributed by atoms with E-state index in [2.05, 4.69) is 20.6 Å². The zero-order chi connectivity index (χ0) is 20.3. The van der Waals surface area contributed by atoms with E-state index in [-0.39, 0.29) is 21.5 Å². The van der Waals surface area contributed by atoms with Crippen LogP contribution < -0.4 is 10.6 Å². The second kappa shape index (κ2) is 8.86. The lowest BCUT2D eigenvalue weighted by molar-refractivity contribution is 0.0963. The number of rotatable bonds is 4. The van der Waals surface area contributed by atoms with E-state index >= 15 is 0 Å². The van der Waals surface area contributed by atoms with Crippen LogP contribution in [0.25, 0.3) is 0 Å². The maximum Gasteiger partial charge on any atom is 0.326 e. The standard InChI is InChI=1S/C17H17Cl2FN4O2S/c1-7(2)11-12(8(3)5-6-21-11)22-17(26)24-16(25)9-13(27-4)10(20)15(19)23-14(9)18/h5-7H,1-4H3,(H2,22,24,25,26). The minimum atomic E-state index is -0.891. The third-order valence-corrected chi connectivity index (χ3v) is 4.96. The van der Waals surface area contributed by atoms with Crippen molar-refractivity contribution in [3.8, 4) is 0 Å². The molecule has 0 bridgehead atoms. The summed E-state index contributed by atoms with van der Waals surface area (Å²) in [6.45, 7) is 5.68. The number of pyridine rings is 2. The second-order valence-corrected chi connectivity index (χ2v) is 7.40. The van der Waals surface area contributed by atoms with Crippen LogP contribution in [-0.2, 0) is 0 Å². The first kappa shape index (κ1) is 21.4. The number of hydrogen-bond donors (Lipinski definition) is 2. The summed E-state index contributed by atoms with van der Waals surface area (Å²) >= 11 is 12.5. The first-order chi connectivity index (χ1) is 12.7. The van der Waals surface area contributed by atoms with Gasteiger partial charge < -0.3 is 5.32 Å². The molecule has 2 heterocycles. The molecule has 144 valence electrons. The first-order valence-electron chi connectivity index (χ1n) is 7.83. The summed E-state index contributed by atoms with van der Waals surface area (Å²) in [5.74, 6) is -1.70. The summed E-state index contributed by atoms with van der Waals surface area (Å²) in [7, 11) is 0. The van der Waals surface area contributed by atoms with Gasteiger partial charge in [0, 0.05) is 6.20 Å². The summed E-state index contributed by atoms with van der Waals surface area (Å²) in [4.78, 5) is 32.6. The van der Waals surface area contributed by atoms with E-state index in [4.69, 9.17) is 23.2 Å². The number of aromatic nitrogens is 2. The third kappa shape index (κ3) is 4.69. The van der Waals surface area contributed by atoms with Crippen LogP contribution in [-0.4, -0.2) is 28.2 Å². The maximum atomic E-state index is 14.1. The van der Waals surface area contributed by atoms with Gasteiger partial charge in [-0.1, -0.05) is 37.0 Å². The molecule has 0 aliphatic carbocycles. The van der Waals surface area contributed by atoms with Gasteiger partial charge in [-0.25, -0.2) is 14.2 Å². The van der Waals surface area contributed by atoms with E-state index in [0.29, 0.717) is 11.4 Å². The maximum absolute atomic E-state index is 14.1. The number of amides is 3. The predicted octanol–water partition coefficient (Wildman–Crippen LogP) is 5.04. The molecular weight excluding hydrogens is 414 g/mol. The van der Waals surface area contributed by atoms with E-state index < -0.39 is 22.9 Å². The molecule has 0 atom stereocenters. The van der Waals surface area contributed by atoms with Gasteiger partial charge in [-0.2, -0.15) is 0 Å². The van der Waals surface area contributed by atoms with Crippen molar-refractivity contribution < 1.29 is 14.0 Å². The van der Waals surface area contributed by atoms with Crippen molar-refractivity contribution in [1.29, 1.82) is 0 Å². The minimum Gasteiger partial charge on any atom is -0.306 e. The fraction of sp³-hybridized carbons (Fsp3) is 0.294. The smallest absolute Gasteiger partial charge is 0.306 e. The Balaban J connectivity index is 2.29. The molecule has 6 nitrogen and oxygen atoms in total. The first-order valence-corrected chi connectivity index (χ1v) is 9.81. The molecule has 2 aromatic heterocycles. The largest absolute Gasteiger partial charge is 0.326 e. The van der Waals surface area contributed by atoms with Crippen molar-refractivity contribution in [2.75, 3.05) is 11.6 Å². The highest BCUT2D eigenvalue weighted by molar-refractivity contribution is 7.98. The molecule has 0 saturated heterocycles. The number of urea groups is 1. The molecule has 0 aliphatic rings. The van der Waals surface area contributed by atoms with Crippen LogP contribution in [0, 0.1) is 12.7 Å². The number of thioether (sulfide) groups is 1. The minimum absolute atomic E-state index is 0.0583. The Morgan fingerprint density at radius 2 is 1.93 bits per heavy atom. The van der Waals surface area contributed by atoms with Crippen LogP contribution in [0.2, 0.25) is 10.3 Å². The van der Waals surface area contributed by atoms with E-state index in [1.165, 1.54) is 0 Å². The molecule has 0 aliphatic heterocycles. The number of nitrogens with one attached hydrogen (secondary N) is 2. The van der Waals surface area contributed by atoms with Crippen LogP contribution in [0.1, 0.15) is 41.4 Å². The van der Waals surface area contributed by atoms with Crippen LogP contribution in [0.15, 0.2) is 17.2 Å². The van der Waals surface area contributed by atoms with E-state index in [9.17, 15) is 14.0 Å². The van der Waals surface area contributed by atoms with Crippen molar-refractivity contribution in [1.82, 2.24) is 15.3 Å². The highest BCUT2D eigenvalue weighted by Crippen LogP contribution is 2.32. The number of anilines is 1. The predicted molar refractivity (Wildman–Crippen MR) is 106 cm³/mol. The molecule has 0 unspecified atom stereocenters. The third-order valence-electron chi connectivity index (χ3n) is 3.64. The number of halogens is 3. The van der Waals surface area contributed by atoms with Gasteiger partial charge in [-0.3, -0.25) is 15.1 Å². The number of aryl methyl sites for hydroxylation is 1. The number of nitrogens with zero attached hydrogens (tertiary/aromatic N) is 2. The van der Waals surface area contributed by atoms with Crippen molar-refractivity contribution in [2.24, 2.45) is 0 Å². The van der Waals surface area contributed by atoms with Crippen molar-refractivity contribution in [2.45, 2.75) is 31.6 Å². The molecule has 27 heavy (non-hydrogen) atoms. The summed E-state index contributed by atoms with van der Waals surface area (Å²) in [5, 5.41) is 4.01. The Bertz CT molecular complexity index is 909. The highest BCUT2D eigenvalue weighted by atomic mass is 35.5. The molecule has 0 radical (unpaired) electrons. The Morgan fingerprint density at radius 1 is 1.26 bits per heavy atom. The number of hydrogen-bond acceptors (Lipinski definition) is 5. The van der Waals surface area contributed by atoms with Gasteiger partial charge in [-0.15, -0.1) is 11.8 Å². The Kier molecular flexibility index (Phi) is 7.02. The lowest BCUT2D eigenvalue weighted by Gasteiger charge is -2.16. The average Bonchev–Trinajstić information content (AvgIpc) is 2.59. The van der Waals surface area contributed by atoms with Gasteiger partial charge in [0.1, 0.15) is 5.15 Å². The molecule has 3 amide bonds. The zero-order valence-electron chi connectivity index (χ0n) is 15.0. The average molecular weight is 431 g/mol.